The molecule has 1 aliphatic rings. The molecule has 1 heterocycles. The van der Waals surface area contributed by atoms with Crippen LogP contribution in [-0.2, 0) is 11.3 Å². The number of ether oxygens (including phenoxy) is 1. The van der Waals surface area contributed by atoms with E-state index >= 15 is 0 Å². The maximum atomic E-state index is 14.1. The molecule has 1 atom stereocenters. The Morgan fingerprint density at radius 2 is 2.35 bits per heavy atom. The molecule has 0 bridgehead atoms. The predicted molar refractivity (Wildman–Crippen MR) is 77.6 cm³/mol. The summed E-state index contributed by atoms with van der Waals surface area (Å²) >= 11 is 0. The minimum Gasteiger partial charge on any atom is -0.380 e. The summed E-state index contributed by atoms with van der Waals surface area (Å²) < 4.78 is 19.4. The molecule has 2 N–H and O–H groups in total. The maximum absolute atomic E-state index is 14.1. The van der Waals surface area contributed by atoms with E-state index < -0.39 is 0 Å². The van der Waals surface area contributed by atoms with Gasteiger partial charge in [0.25, 0.3) is 0 Å². The molecule has 0 amide bonds. The van der Waals surface area contributed by atoms with Crippen LogP contribution in [0.4, 0.5) is 4.39 Å². The van der Waals surface area contributed by atoms with Gasteiger partial charge in [-0.2, -0.15) is 0 Å². The summed E-state index contributed by atoms with van der Waals surface area (Å²) in [6.07, 6.45) is 2.45. The lowest BCUT2D eigenvalue weighted by Crippen LogP contribution is -2.38. The molecule has 1 aromatic carbocycles. The summed E-state index contributed by atoms with van der Waals surface area (Å²) in [6, 6.07) is 5.14. The largest absolute Gasteiger partial charge is 0.380 e. The Morgan fingerprint density at radius 1 is 1.50 bits per heavy atom. The van der Waals surface area contributed by atoms with Crippen molar-refractivity contribution in [3.05, 3.63) is 35.1 Å². The lowest BCUT2D eigenvalue weighted by molar-refractivity contribution is 0.0282. The van der Waals surface area contributed by atoms with Crippen LogP contribution in [0.5, 0.6) is 0 Å². The second-order valence-corrected chi connectivity index (χ2v) is 5.05. The first-order valence-corrected chi connectivity index (χ1v) is 6.95. The molecule has 1 aliphatic heterocycles. The summed E-state index contributed by atoms with van der Waals surface area (Å²) in [5, 5.41) is 0. The lowest BCUT2D eigenvalue weighted by Gasteiger charge is -2.31. The molecule has 0 spiro atoms. The molecular formula is C16H21FN2O. The Labute approximate surface area is 119 Å². The summed E-state index contributed by atoms with van der Waals surface area (Å²) in [4.78, 5) is 2.24. The van der Waals surface area contributed by atoms with Crippen LogP contribution in [0.15, 0.2) is 18.2 Å². The average Bonchev–Trinajstić information content (AvgIpc) is 2.48. The van der Waals surface area contributed by atoms with E-state index in [1.54, 1.807) is 7.11 Å². The van der Waals surface area contributed by atoms with Crippen LogP contribution < -0.4 is 5.73 Å². The third-order valence-electron chi connectivity index (χ3n) is 3.58. The lowest BCUT2D eigenvalue weighted by atomic mass is 10.1. The first-order valence-electron chi connectivity index (χ1n) is 6.95. The fourth-order valence-corrected chi connectivity index (χ4v) is 2.50. The molecule has 4 heteroatoms. The number of likely N-dealkylation sites (tertiary alicyclic amines) is 1. The van der Waals surface area contributed by atoms with Crippen molar-refractivity contribution in [2.75, 3.05) is 26.7 Å². The van der Waals surface area contributed by atoms with Gasteiger partial charge in [-0.25, -0.2) is 4.39 Å². The molecule has 0 saturated carbocycles. The predicted octanol–water partition coefficient (Wildman–Crippen LogP) is 1.75. The smallest absolute Gasteiger partial charge is 0.128 e. The van der Waals surface area contributed by atoms with Crippen LogP contribution in [0, 0.1) is 17.7 Å². The van der Waals surface area contributed by atoms with E-state index in [4.69, 9.17) is 10.5 Å². The maximum Gasteiger partial charge on any atom is 0.128 e. The van der Waals surface area contributed by atoms with E-state index in [2.05, 4.69) is 16.7 Å². The molecule has 2 rings (SSSR count). The van der Waals surface area contributed by atoms with Crippen LogP contribution in [-0.4, -0.2) is 37.7 Å². The van der Waals surface area contributed by atoms with Crippen molar-refractivity contribution < 1.29 is 9.13 Å². The van der Waals surface area contributed by atoms with Crippen molar-refractivity contribution in [1.29, 1.82) is 0 Å². The fraction of sp³-hybridized carbons (Fsp3) is 0.500. The number of rotatable bonds is 3. The van der Waals surface area contributed by atoms with Crippen molar-refractivity contribution in [2.24, 2.45) is 5.73 Å². The molecule has 1 aromatic rings. The van der Waals surface area contributed by atoms with E-state index in [1.807, 2.05) is 12.1 Å². The number of piperidine rings is 1. The SMILES string of the molecule is COC1CCCN(Cc2ccc(C#CCN)cc2F)C1. The number of halogens is 1. The topological polar surface area (TPSA) is 38.5 Å². The number of benzene rings is 1. The number of nitrogens with two attached hydrogens (primary N) is 1. The van der Waals surface area contributed by atoms with Crippen LogP contribution >= 0.6 is 0 Å². The Hall–Kier alpha value is -1.41. The number of hydrogen-bond donors (Lipinski definition) is 1. The van der Waals surface area contributed by atoms with E-state index in [-0.39, 0.29) is 18.5 Å². The number of nitrogens with zero attached hydrogens (tertiary/aromatic N) is 1. The second kappa shape index (κ2) is 7.39. The van der Waals surface area contributed by atoms with Gasteiger partial charge in [0.15, 0.2) is 0 Å². The first-order chi connectivity index (χ1) is 9.72. The third kappa shape index (κ3) is 4.04. The zero-order valence-corrected chi connectivity index (χ0v) is 11.9. The molecule has 0 aliphatic carbocycles. The van der Waals surface area contributed by atoms with E-state index in [9.17, 15) is 4.39 Å². The number of methoxy groups -OCH3 is 1. The second-order valence-electron chi connectivity index (χ2n) is 5.05. The zero-order valence-electron chi connectivity index (χ0n) is 11.9. The van der Waals surface area contributed by atoms with E-state index in [1.165, 1.54) is 6.07 Å². The molecule has 0 radical (unpaired) electrons. The minimum atomic E-state index is -0.201. The average molecular weight is 276 g/mol. The third-order valence-corrected chi connectivity index (χ3v) is 3.58. The normalized spacial score (nSPS) is 19.4. The van der Waals surface area contributed by atoms with Gasteiger partial charge in [0.2, 0.25) is 0 Å². The highest BCUT2D eigenvalue weighted by Gasteiger charge is 2.20. The van der Waals surface area contributed by atoms with Crippen LogP contribution in [0.3, 0.4) is 0 Å². The highest BCUT2D eigenvalue weighted by atomic mass is 19.1. The van der Waals surface area contributed by atoms with Crippen molar-refractivity contribution >= 4 is 0 Å². The molecule has 1 saturated heterocycles. The highest BCUT2D eigenvalue weighted by Crippen LogP contribution is 2.17. The van der Waals surface area contributed by atoms with Gasteiger partial charge in [0.05, 0.1) is 12.6 Å². The Balaban J connectivity index is 2.02. The monoisotopic (exact) mass is 276 g/mol. The van der Waals surface area contributed by atoms with Gasteiger partial charge >= 0.3 is 0 Å². The molecular weight excluding hydrogens is 255 g/mol. The van der Waals surface area contributed by atoms with Crippen molar-refractivity contribution in [2.45, 2.75) is 25.5 Å². The van der Waals surface area contributed by atoms with Crippen molar-refractivity contribution in [1.82, 2.24) is 4.90 Å². The van der Waals surface area contributed by atoms with Gasteiger partial charge in [0.1, 0.15) is 5.82 Å². The Morgan fingerprint density at radius 3 is 3.05 bits per heavy atom. The first kappa shape index (κ1) is 15.0. The molecule has 3 nitrogen and oxygen atoms in total. The van der Waals surface area contributed by atoms with Crippen molar-refractivity contribution in [3.8, 4) is 11.8 Å². The number of hydrogen-bond acceptors (Lipinski definition) is 3. The summed E-state index contributed by atoms with van der Waals surface area (Å²) in [5.74, 6) is 5.37. The van der Waals surface area contributed by atoms with Gasteiger partial charge in [-0.1, -0.05) is 17.9 Å². The van der Waals surface area contributed by atoms with E-state index in [0.29, 0.717) is 17.7 Å². The summed E-state index contributed by atoms with van der Waals surface area (Å²) in [7, 11) is 1.74. The summed E-state index contributed by atoms with van der Waals surface area (Å²) in [5.41, 5.74) is 6.69. The van der Waals surface area contributed by atoms with Gasteiger partial charge in [-0.15, -0.1) is 0 Å². The van der Waals surface area contributed by atoms with Crippen LogP contribution in [0.2, 0.25) is 0 Å². The minimum absolute atomic E-state index is 0.201. The molecule has 108 valence electrons. The quantitative estimate of drug-likeness (QED) is 0.855. The van der Waals surface area contributed by atoms with Gasteiger partial charge in [0, 0.05) is 31.3 Å². The molecule has 0 aromatic heterocycles. The Bertz CT molecular complexity index is 507. The van der Waals surface area contributed by atoms with Gasteiger partial charge in [-0.3, -0.25) is 4.90 Å². The van der Waals surface area contributed by atoms with Crippen LogP contribution in [0.25, 0.3) is 0 Å². The standard InChI is InChI=1S/C16H21FN2O/c1-20-15-5-3-9-19(12-15)11-14-7-6-13(4-2-8-18)10-16(14)17/h6-7,10,15H,3,5,8-9,11-12,18H2,1H3. The van der Waals surface area contributed by atoms with Gasteiger partial charge < -0.3 is 10.5 Å². The van der Waals surface area contributed by atoms with Crippen LogP contribution in [0.1, 0.15) is 24.0 Å². The summed E-state index contributed by atoms with van der Waals surface area (Å²) in [6.45, 7) is 2.77. The fourth-order valence-electron chi connectivity index (χ4n) is 2.50. The molecule has 1 unspecified atom stereocenters. The van der Waals surface area contributed by atoms with E-state index in [0.717, 1.165) is 25.9 Å². The molecule has 20 heavy (non-hydrogen) atoms. The van der Waals surface area contributed by atoms with Gasteiger partial charge in [-0.05, 0) is 31.5 Å². The zero-order chi connectivity index (χ0) is 14.4. The highest BCUT2D eigenvalue weighted by molar-refractivity contribution is 5.37. The Kier molecular flexibility index (Phi) is 5.54. The van der Waals surface area contributed by atoms with Crippen molar-refractivity contribution in [3.63, 3.8) is 0 Å². The molecule has 1 fully saturated rings.